The summed E-state index contributed by atoms with van der Waals surface area (Å²) < 4.78 is 0. The van der Waals surface area contributed by atoms with Crippen LogP contribution in [0.1, 0.15) is 64.2 Å². The van der Waals surface area contributed by atoms with Crippen molar-refractivity contribution in [2.24, 2.45) is 5.92 Å². The normalized spacial score (nSPS) is 24.3. The average molecular weight is 285 g/mol. The summed E-state index contributed by atoms with van der Waals surface area (Å²) in [6, 6.07) is 9.20. The van der Waals surface area contributed by atoms with Crippen molar-refractivity contribution in [3.8, 4) is 0 Å². The molecule has 1 aliphatic rings. The third-order valence-corrected chi connectivity index (χ3v) is 4.85. The highest BCUT2D eigenvalue weighted by Crippen LogP contribution is 2.29. The molecule has 3 nitrogen and oxygen atoms in total. The standard InChI is InChI=1S/C18H27N3/c1-3-6-14-9-11-15(12-10-14)19-13(2)18-20-16-7-4-5-8-17(16)21-18/h4-5,7-8,13-15,19H,3,6,9-12H2,1-2H3,(H,20,21). The molecule has 2 aromatic rings. The predicted molar refractivity (Wildman–Crippen MR) is 88.3 cm³/mol. The van der Waals surface area contributed by atoms with E-state index in [1.165, 1.54) is 38.5 Å². The SMILES string of the molecule is CCCC1CCC(NC(C)c2nc3ccccc3[nH]2)CC1. The Kier molecular flexibility index (Phi) is 4.59. The Hall–Kier alpha value is -1.35. The summed E-state index contributed by atoms with van der Waals surface area (Å²) in [7, 11) is 0. The molecular weight excluding hydrogens is 258 g/mol. The van der Waals surface area contributed by atoms with Crippen molar-refractivity contribution in [2.75, 3.05) is 0 Å². The maximum atomic E-state index is 4.70. The third kappa shape index (κ3) is 3.46. The van der Waals surface area contributed by atoms with Crippen molar-refractivity contribution in [1.82, 2.24) is 15.3 Å². The molecule has 0 amide bonds. The van der Waals surface area contributed by atoms with Crippen molar-refractivity contribution in [3.05, 3.63) is 30.1 Å². The van der Waals surface area contributed by atoms with Gasteiger partial charge in [0.25, 0.3) is 0 Å². The van der Waals surface area contributed by atoms with Gasteiger partial charge in [-0.25, -0.2) is 4.98 Å². The number of H-pyrrole nitrogens is 1. The van der Waals surface area contributed by atoms with Gasteiger partial charge in [0.2, 0.25) is 0 Å². The lowest BCUT2D eigenvalue weighted by Gasteiger charge is -2.30. The Bertz CT molecular complexity index is 534. The van der Waals surface area contributed by atoms with Crippen LogP contribution in [0.5, 0.6) is 0 Å². The van der Waals surface area contributed by atoms with Gasteiger partial charge >= 0.3 is 0 Å². The first-order chi connectivity index (χ1) is 10.3. The van der Waals surface area contributed by atoms with Crippen LogP contribution in [0.15, 0.2) is 24.3 Å². The van der Waals surface area contributed by atoms with Gasteiger partial charge in [0.05, 0.1) is 17.1 Å². The highest BCUT2D eigenvalue weighted by atomic mass is 15.0. The van der Waals surface area contributed by atoms with Crippen LogP contribution < -0.4 is 5.32 Å². The van der Waals surface area contributed by atoms with Crippen molar-refractivity contribution in [3.63, 3.8) is 0 Å². The highest BCUT2D eigenvalue weighted by Gasteiger charge is 2.22. The molecule has 2 N–H and O–H groups in total. The van der Waals surface area contributed by atoms with Gasteiger partial charge in [-0.15, -0.1) is 0 Å². The molecule has 3 heteroatoms. The molecule has 3 rings (SSSR count). The van der Waals surface area contributed by atoms with E-state index in [4.69, 9.17) is 4.98 Å². The summed E-state index contributed by atoms with van der Waals surface area (Å²) >= 11 is 0. The zero-order valence-corrected chi connectivity index (χ0v) is 13.2. The lowest BCUT2D eigenvalue weighted by Crippen LogP contribution is -2.35. The van der Waals surface area contributed by atoms with E-state index in [9.17, 15) is 0 Å². The average Bonchev–Trinajstić information content (AvgIpc) is 2.94. The zero-order chi connectivity index (χ0) is 14.7. The van der Waals surface area contributed by atoms with Gasteiger partial charge in [-0.2, -0.15) is 0 Å². The first kappa shape index (κ1) is 14.6. The van der Waals surface area contributed by atoms with Gasteiger partial charge in [0.15, 0.2) is 0 Å². The van der Waals surface area contributed by atoms with Gasteiger partial charge < -0.3 is 10.3 Å². The maximum Gasteiger partial charge on any atom is 0.124 e. The Morgan fingerprint density at radius 1 is 1.24 bits per heavy atom. The van der Waals surface area contributed by atoms with Crippen LogP contribution in [0.4, 0.5) is 0 Å². The molecule has 1 saturated carbocycles. The predicted octanol–water partition coefficient (Wildman–Crippen LogP) is 4.57. The minimum Gasteiger partial charge on any atom is -0.341 e. The Balaban J connectivity index is 1.58. The number of nitrogens with one attached hydrogen (secondary N) is 2. The van der Waals surface area contributed by atoms with E-state index in [1.807, 2.05) is 6.07 Å². The van der Waals surface area contributed by atoms with Gasteiger partial charge in [0.1, 0.15) is 5.82 Å². The molecule has 0 aliphatic heterocycles. The van der Waals surface area contributed by atoms with Gasteiger partial charge in [-0.05, 0) is 50.7 Å². The van der Waals surface area contributed by atoms with E-state index in [-0.39, 0.29) is 0 Å². The number of aromatic nitrogens is 2. The highest BCUT2D eigenvalue weighted by molar-refractivity contribution is 5.74. The van der Waals surface area contributed by atoms with E-state index < -0.39 is 0 Å². The zero-order valence-electron chi connectivity index (χ0n) is 13.2. The number of rotatable bonds is 5. The number of hydrogen-bond donors (Lipinski definition) is 2. The molecule has 0 bridgehead atoms. The summed E-state index contributed by atoms with van der Waals surface area (Å²) in [5.41, 5.74) is 2.20. The molecule has 1 aromatic heterocycles. The Labute approximate surface area is 127 Å². The molecule has 0 radical (unpaired) electrons. The van der Waals surface area contributed by atoms with Crippen molar-refractivity contribution < 1.29 is 0 Å². The number of imidazole rings is 1. The van der Waals surface area contributed by atoms with Crippen LogP contribution in [-0.2, 0) is 0 Å². The van der Waals surface area contributed by atoms with Crippen LogP contribution in [0.3, 0.4) is 0 Å². The molecule has 21 heavy (non-hydrogen) atoms. The first-order valence-electron chi connectivity index (χ1n) is 8.47. The summed E-state index contributed by atoms with van der Waals surface area (Å²) in [6.45, 7) is 4.52. The lowest BCUT2D eigenvalue weighted by molar-refractivity contribution is 0.265. The number of fused-ring (bicyclic) bond motifs is 1. The maximum absolute atomic E-state index is 4.70. The van der Waals surface area contributed by atoms with Crippen LogP contribution in [0, 0.1) is 5.92 Å². The monoisotopic (exact) mass is 285 g/mol. The largest absolute Gasteiger partial charge is 0.341 e. The quantitative estimate of drug-likeness (QED) is 0.844. The fraction of sp³-hybridized carbons (Fsp3) is 0.611. The molecule has 0 saturated heterocycles. The van der Waals surface area contributed by atoms with E-state index in [0.29, 0.717) is 12.1 Å². The Morgan fingerprint density at radius 3 is 2.71 bits per heavy atom. The summed E-state index contributed by atoms with van der Waals surface area (Å²) in [4.78, 5) is 8.14. The Morgan fingerprint density at radius 2 is 2.00 bits per heavy atom. The van der Waals surface area contributed by atoms with Crippen LogP contribution >= 0.6 is 0 Å². The van der Waals surface area contributed by atoms with Crippen LogP contribution in [-0.4, -0.2) is 16.0 Å². The van der Waals surface area contributed by atoms with Gasteiger partial charge in [-0.3, -0.25) is 0 Å². The summed E-state index contributed by atoms with van der Waals surface area (Å²) in [6.07, 6.45) is 8.14. The molecular formula is C18H27N3. The molecule has 1 heterocycles. The van der Waals surface area contributed by atoms with Gasteiger partial charge in [-0.1, -0.05) is 31.9 Å². The van der Waals surface area contributed by atoms with Crippen molar-refractivity contribution >= 4 is 11.0 Å². The second-order valence-corrected chi connectivity index (χ2v) is 6.53. The van der Waals surface area contributed by atoms with Crippen molar-refractivity contribution in [1.29, 1.82) is 0 Å². The van der Waals surface area contributed by atoms with E-state index in [1.54, 1.807) is 0 Å². The van der Waals surface area contributed by atoms with E-state index in [2.05, 4.69) is 42.3 Å². The number of para-hydroxylation sites is 2. The third-order valence-electron chi connectivity index (χ3n) is 4.85. The summed E-state index contributed by atoms with van der Waals surface area (Å²) in [5, 5.41) is 3.76. The smallest absolute Gasteiger partial charge is 0.124 e. The molecule has 1 aliphatic carbocycles. The number of nitrogens with zero attached hydrogens (tertiary/aromatic N) is 1. The lowest BCUT2D eigenvalue weighted by atomic mass is 9.83. The van der Waals surface area contributed by atoms with E-state index >= 15 is 0 Å². The number of hydrogen-bond acceptors (Lipinski definition) is 2. The molecule has 1 atom stereocenters. The number of aromatic amines is 1. The molecule has 0 spiro atoms. The van der Waals surface area contributed by atoms with Crippen molar-refractivity contribution in [2.45, 2.75) is 64.5 Å². The molecule has 1 unspecified atom stereocenters. The van der Waals surface area contributed by atoms with Gasteiger partial charge in [0, 0.05) is 6.04 Å². The fourth-order valence-electron chi connectivity index (χ4n) is 3.64. The molecule has 1 aromatic carbocycles. The minimum atomic E-state index is 0.296. The second-order valence-electron chi connectivity index (χ2n) is 6.53. The number of benzene rings is 1. The topological polar surface area (TPSA) is 40.7 Å². The van der Waals surface area contributed by atoms with Crippen LogP contribution in [0.2, 0.25) is 0 Å². The summed E-state index contributed by atoms with van der Waals surface area (Å²) in [5.74, 6) is 2.03. The first-order valence-corrected chi connectivity index (χ1v) is 8.47. The fourth-order valence-corrected chi connectivity index (χ4v) is 3.64. The molecule has 114 valence electrons. The van der Waals surface area contributed by atoms with Crippen LogP contribution in [0.25, 0.3) is 11.0 Å². The second kappa shape index (κ2) is 6.61. The minimum absolute atomic E-state index is 0.296. The molecule has 1 fully saturated rings. The van der Waals surface area contributed by atoms with E-state index in [0.717, 1.165) is 22.8 Å².